The fourth-order valence-electron chi connectivity index (χ4n) is 7.20. The van der Waals surface area contributed by atoms with E-state index in [2.05, 4.69) is 20.4 Å². The van der Waals surface area contributed by atoms with Crippen LogP contribution >= 0.6 is 12.4 Å². The van der Waals surface area contributed by atoms with Crippen LogP contribution < -0.4 is 5.73 Å². The summed E-state index contributed by atoms with van der Waals surface area (Å²) in [6.45, 7) is 9.07. The number of allylic oxidation sites excluding steroid dienone is 1. The quantitative estimate of drug-likeness (QED) is 0.584. The molecular weight excluding hydrogens is 322 g/mol. The molecule has 0 bridgehead atoms. The lowest BCUT2D eigenvalue weighted by molar-refractivity contribution is -0.210. The van der Waals surface area contributed by atoms with E-state index in [4.69, 9.17) is 5.73 Å². The average Bonchev–Trinajstić information content (AvgIpc) is 2.82. The van der Waals surface area contributed by atoms with Gasteiger partial charge in [-0.05, 0) is 79.4 Å². The summed E-state index contributed by atoms with van der Waals surface area (Å²) >= 11 is 0. The van der Waals surface area contributed by atoms with Gasteiger partial charge < -0.3 is 15.9 Å². The lowest BCUT2D eigenvalue weighted by atomic mass is 9.43. The Bertz CT molecular complexity index is 526. The van der Waals surface area contributed by atoms with E-state index in [9.17, 15) is 10.2 Å². The summed E-state index contributed by atoms with van der Waals surface area (Å²) in [5.41, 5.74) is 7.89. The molecule has 3 nitrogen and oxygen atoms in total. The van der Waals surface area contributed by atoms with Crippen LogP contribution in [-0.2, 0) is 0 Å². The zero-order valence-corrected chi connectivity index (χ0v) is 15.9. The van der Waals surface area contributed by atoms with Crippen LogP contribution in [0.3, 0.4) is 0 Å². The Morgan fingerprint density at radius 1 is 1.00 bits per heavy atom. The number of rotatable bonds is 0. The Labute approximate surface area is 152 Å². The van der Waals surface area contributed by atoms with Crippen LogP contribution in [0, 0.1) is 34.5 Å². The Kier molecular flexibility index (Phi) is 4.65. The third-order valence-corrected chi connectivity index (χ3v) is 8.75. The summed E-state index contributed by atoms with van der Waals surface area (Å²) in [5, 5.41) is 22.0. The predicted molar refractivity (Wildman–Crippen MR) is 98.9 cm³/mol. The minimum atomic E-state index is -0.608. The molecule has 138 valence electrons. The maximum atomic E-state index is 11.0. The van der Waals surface area contributed by atoms with Gasteiger partial charge in [-0.3, -0.25) is 0 Å². The highest BCUT2D eigenvalue weighted by Crippen LogP contribution is 2.66. The monoisotopic (exact) mass is 355 g/mol. The normalized spacial score (nSPS) is 56.7. The number of aliphatic hydroxyl groups is 2. The highest BCUT2D eigenvalue weighted by molar-refractivity contribution is 5.85. The molecule has 4 aliphatic rings. The van der Waals surface area contributed by atoms with Crippen LogP contribution in [0.5, 0.6) is 0 Å². The number of halogens is 1. The summed E-state index contributed by atoms with van der Waals surface area (Å²) in [6, 6.07) is 0.187. The zero-order valence-electron chi connectivity index (χ0n) is 15.1. The molecule has 0 radical (unpaired) electrons. The van der Waals surface area contributed by atoms with Gasteiger partial charge in [-0.1, -0.05) is 26.0 Å². The van der Waals surface area contributed by atoms with Gasteiger partial charge in [-0.15, -0.1) is 12.4 Å². The second-order valence-corrected chi connectivity index (χ2v) is 9.52. The van der Waals surface area contributed by atoms with Crippen LogP contribution in [0.2, 0.25) is 0 Å². The lowest BCUT2D eigenvalue weighted by Gasteiger charge is -2.63. The van der Waals surface area contributed by atoms with E-state index < -0.39 is 12.2 Å². The van der Waals surface area contributed by atoms with Crippen LogP contribution in [0.15, 0.2) is 12.2 Å². The van der Waals surface area contributed by atoms with Crippen molar-refractivity contribution >= 4 is 12.4 Å². The molecule has 24 heavy (non-hydrogen) atoms. The standard InChI is InChI=1S/C20H33NO2.ClH/c1-11-4-5-13-16-14(7-9-19(11,13)2)20(3)8-6-12(21)10-15(20)17(22)18(16)23;/h12-18,22-23H,1,4-10,21H2,2-3H3;1H/t12-,13-,14-,15?,16-,17+,18+,19+,20+;/m0./s1. The van der Waals surface area contributed by atoms with Gasteiger partial charge in [0.2, 0.25) is 0 Å². The second kappa shape index (κ2) is 5.97. The molecule has 0 aromatic heterocycles. The van der Waals surface area contributed by atoms with Crippen LogP contribution in [0.1, 0.15) is 58.8 Å². The van der Waals surface area contributed by atoms with Crippen LogP contribution in [-0.4, -0.2) is 28.5 Å². The molecular formula is C20H34ClNO2. The van der Waals surface area contributed by atoms with Gasteiger partial charge in [0, 0.05) is 6.04 Å². The molecule has 4 N–H and O–H groups in total. The van der Waals surface area contributed by atoms with Crippen molar-refractivity contribution in [3.63, 3.8) is 0 Å². The SMILES string of the molecule is C=C1CC[C@H]2[C@@H]3[C@@H](O)[C@H](O)C4C[C@@H](N)CC[C@]4(C)[C@H]3CC[C@]12C.Cl. The summed E-state index contributed by atoms with van der Waals surface area (Å²) < 4.78 is 0. The van der Waals surface area contributed by atoms with Gasteiger partial charge in [-0.25, -0.2) is 0 Å². The molecule has 4 heteroatoms. The van der Waals surface area contributed by atoms with Crippen LogP contribution in [0.25, 0.3) is 0 Å². The van der Waals surface area contributed by atoms with Gasteiger partial charge in [0.25, 0.3) is 0 Å². The number of nitrogens with two attached hydrogens (primary N) is 1. The van der Waals surface area contributed by atoms with Crippen molar-refractivity contribution in [3.8, 4) is 0 Å². The van der Waals surface area contributed by atoms with Gasteiger partial charge in [0.05, 0.1) is 12.2 Å². The molecule has 0 spiro atoms. The average molecular weight is 356 g/mol. The summed E-state index contributed by atoms with van der Waals surface area (Å²) in [6.07, 6.45) is 6.45. The molecule has 4 saturated carbocycles. The largest absolute Gasteiger partial charge is 0.390 e. The van der Waals surface area contributed by atoms with Crippen molar-refractivity contribution in [3.05, 3.63) is 12.2 Å². The number of aliphatic hydroxyl groups excluding tert-OH is 2. The number of hydrogen-bond acceptors (Lipinski definition) is 3. The Balaban J connectivity index is 0.00000169. The third kappa shape index (κ3) is 2.27. The molecule has 0 aromatic rings. The van der Waals surface area contributed by atoms with Gasteiger partial charge in [-0.2, -0.15) is 0 Å². The molecule has 0 amide bonds. The van der Waals surface area contributed by atoms with Crippen LogP contribution in [0.4, 0.5) is 0 Å². The smallest absolute Gasteiger partial charge is 0.0836 e. The van der Waals surface area contributed by atoms with E-state index in [1.54, 1.807) is 0 Å². The van der Waals surface area contributed by atoms with Crippen molar-refractivity contribution in [2.24, 2.45) is 40.2 Å². The lowest BCUT2D eigenvalue weighted by Crippen LogP contribution is -2.64. The van der Waals surface area contributed by atoms with Crippen molar-refractivity contribution in [2.45, 2.75) is 77.0 Å². The molecule has 0 aromatic carbocycles. The van der Waals surface area contributed by atoms with E-state index in [0.29, 0.717) is 11.8 Å². The van der Waals surface area contributed by atoms with E-state index >= 15 is 0 Å². The van der Waals surface area contributed by atoms with Crippen molar-refractivity contribution < 1.29 is 10.2 Å². The van der Waals surface area contributed by atoms with Gasteiger partial charge in [0.1, 0.15) is 0 Å². The minimum Gasteiger partial charge on any atom is -0.390 e. The molecule has 4 aliphatic carbocycles. The highest BCUT2D eigenvalue weighted by Gasteiger charge is 2.63. The van der Waals surface area contributed by atoms with E-state index in [-0.39, 0.29) is 41.1 Å². The molecule has 1 unspecified atom stereocenters. The summed E-state index contributed by atoms with van der Waals surface area (Å²) in [4.78, 5) is 0. The molecule has 0 saturated heterocycles. The van der Waals surface area contributed by atoms with Crippen molar-refractivity contribution in [1.29, 1.82) is 0 Å². The van der Waals surface area contributed by atoms with Gasteiger partial charge in [0.15, 0.2) is 0 Å². The Morgan fingerprint density at radius 3 is 2.42 bits per heavy atom. The maximum Gasteiger partial charge on any atom is 0.0836 e. The fourth-order valence-corrected chi connectivity index (χ4v) is 7.20. The van der Waals surface area contributed by atoms with Crippen molar-refractivity contribution in [1.82, 2.24) is 0 Å². The molecule has 4 fully saturated rings. The maximum absolute atomic E-state index is 11.0. The first kappa shape index (κ1) is 18.7. The Hall–Kier alpha value is -0.0900. The molecule has 9 atom stereocenters. The van der Waals surface area contributed by atoms with E-state index in [1.165, 1.54) is 18.4 Å². The number of fused-ring (bicyclic) bond motifs is 5. The highest BCUT2D eigenvalue weighted by atomic mass is 35.5. The molecule has 0 heterocycles. The predicted octanol–water partition coefficient (Wildman–Crippen LogP) is 3.28. The molecule has 0 aliphatic heterocycles. The first-order valence-electron chi connectivity index (χ1n) is 9.59. The second-order valence-electron chi connectivity index (χ2n) is 9.52. The first-order chi connectivity index (χ1) is 10.8. The van der Waals surface area contributed by atoms with E-state index in [0.717, 1.165) is 32.1 Å². The van der Waals surface area contributed by atoms with Crippen molar-refractivity contribution in [2.75, 3.05) is 0 Å². The van der Waals surface area contributed by atoms with Gasteiger partial charge >= 0.3 is 0 Å². The minimum absolute atomic E-state index is 0. The zero-order chi connectivity index (χ0) is 16.6. The summed E-state index contributed by atoms with van der Waals surface area (Å²) in [7, 11) is 0. The third-order valence-electron chi connectivity index (χ3n) is 8.75. The number of hydrogen-bond donors (Lipinski definition) is 3. The topological polar surface area (TPSA) is 66.5 Å². The summed E-state index contributed by atoms with van der Waals surface area (Å²) in [5.74, 6) is 1.42. The Morgan fingerprint density at radius 2 is 1.71 bits per heavy atom. The van der Waals surface area contributed by atoms with E-state index in [1.807, 2.05) is 0 Å². The first-order valence-corrected chi connectivity index (χ1v) is 9.59. The molecule has 4 rings (SSSR count). The fraction of sp³-hybridized carbons (Fsp3) is 0.900.